The second-order valence-electron chi connectivity index (χ2n) is 4.54. The average molecular weight is 261 g/mol. The van der Waals surface area contributed by atoms with Gasteiger partial charge >= 0.3 is 5.97 Å². The Balaban J connectivity index is 2.22. The lowest BCUT2D eigenvalue weighted by Gasteiger charge is -2.14. The van der Waals surface area contributed by atoms with Gasteiger partial charge in [-0.25, -0.2) is 4.98 Å². The number of esters is 1. The number of hydrogen-bond donors (Lipinski definition) is 0. The molecule has 2 heterocycles. The summed E-state index contributed by atoms with van der Waals surface area (Å²) in [4.78, 5) is 17.8. The zero-order valence-corrected chi connectivity index (χ0v) is 11.6. The van der Waals surface area contributed by atoms with Gasteiger partial charge in [-0.1, -0.05) is 13.0 Å². The molecule has 0 aliphatic carbocycles. The van der Waals surface area contributed by atoms with Crippen molar-refractivity contribution in [3.8, 4) is 0 Å². The van der Waals surface area contributed by atoms with Crippen LogP contribution in [0.5, 0.6) is 0 Å². The number of aromatic nitrogens is 2. The number of hydrogen-bond acceptors (Lipinski definition) is 4. The first kappa shape index (κ1) is 13.5. The van der Waals surface area contributed by atoms with Gasteiger partial charge in [-0.3, -0.25) is 9.69 Å². The lowest BCUT2D eigenvalue weighted by atomic mass is 10.2. The van der Waals surface area contributed by atoms with Crippen molar-refractivity contribution in [2.45, 2.75) is 19.9 Å². The van der Waals surface area contributed by atoms with Crippen molar-refractivity contribution in [1.29, 1.82) is 0 Å². The van der Waals surface area contributed by atoms with Crippen LogP contribution in [0.3, 0.4) is 0 Å². The van der Waals surface area contributed by atoms with Gasteiger partial charge in [0.25, 0.3) is 0 Å². The van der Waals surface area contributed by atoms with E-state index in [1.54, 1.807) is 0 Å². The molecule has 102 valence electrons. The van der Waals surface area contributed by atoms with Crippen LogP contribution in [-0.4, -0.2) is 41.0 Å². The van der Waals surface area contributed by atoms with Crippen LogP contribution in [0.4, 0.5) is 0 Å². The highest BCUT2D eigenvalue weighted by Crippen LogP contribution is 2.14. The van der Waals surface area contributed by atoms with Gasteiger partial charge in [0.05, 0.1) is 19.3 Å². The van der Waals surface area contributed by atoms with E-state index in [0.717, 1.165) is 17.8 Å². The molecule has 0 fully saturated rings. The highest BCUT2D eigenvalue weighted by atomic mass is 16.5. The lowest BCUT2D eigenvalue weighted by molar-refractivity contribution is -0.141. The van der Waals surface area contributed by atoms with Crippen LogP contribution < -0.4 is 0 Å². The Morgan fingerprint density at radius 1 is 1.47 bits per heavy atom. The van der Waals surface area contributed by atoms with Crippen molar-refractivity contribution in [3.63, 3.8) is 0 Å². The summed E-state index contributed by atoms with van der Waals surface area (Å²) in [6.45, 7) is 3.02. The highest BCUT2D eigenvalue weighted by molar-refractivity contribution is 5.71. The van der Waals surface area contributed by atoms with E-state index in [9.17, 15) is 4.79 Å². The van der Waals surface area contributed by atoms with Gasteiger partial charge < -0.3 is 9.14 Å². The van der Waals surface area contributed by atoms with Crippen molar-refractivity contribution in [2.24, 2.45) is 0 Å². The van der Waals surface area contributed by atoms with Crippen LogP contribution in [-0.2, 0) is 22.5 Å². The molecule has 5 nitrogen and oxygen atoms in total. The second-order valence-corrected chi connectivity index (χ2v) is 4.54. The number of imidazole rings is 1. The smallest absolute Gasteiger partial charge is 0.319 e. The molecular weight excluding hydrogens is 242 g/mol. The number of ether oxygens (including phenoxy) is 1. The zero-order chi connectivity index (χ0) is 13.8. The van der Waals surface area contributed by atoms with E-state index in [0.29, 0.717) is 6.54 Å². The summed E-state index contributed by atoms with van der Waals surface area (Å²) in [6.07, 6.45) is 2.93. The molecule has 2 aromatic rings. The Morgan fingerprint density at radius 3 is 2.95 bits per heavy atom. The highest BCUT2D eigenvalue weighted by Gasteiger charge is 2.14. The van der Waals surface area contributed by atoms with E-state index in [1.807, 2.05) is 36.3 Å². The number of nitrogens with zero attached hydrogens (tertiary/aromatic N) is 3. The van der Waals surface area contributed by atoms with Gasteiger partial charge in [-0.2, -0.15) is 0 Å². The van der Waals surface area contributed by atoms with E-state index in [4.69, 9.17) is 0 Å². The van der Waals surface area contributed by atoms with Gasteiger partial charge in [0, 0.05) is 18.4 Å². The Bertz CT molecular complexity index is 577. The van der Waals surface area contributed by atoms with E-state index in [1.165, 1.54) is 12.8 Å². The number of methoxy groups -OCH3 is 1. The number of fused-ring (bicyclic) bond motifs is 1. The topological polar surface area (TPSA) is 46.8 Å². The molecule has 0 aliphatic rings. The lowest BCUT2D eigenvalue weighted by Crippen LogP contribution is -2.26. The molecule has 0 N–H and O–H groups in total. The van der Waals surface area contributed by atoms with Crippen molar-refractivity contribution < 1.29 is 9.53 Å². The third-order valence-electron chi connectivity index (χ3n) is 3.09. The van der Waals surface area contributed by atoms with Gasteiger partial charge in [0.15, 0.2) is 0 Å². The monoisotopic (exact) mass is 261 g/mol. The maximum atomic E-state index is 11.2. The van der Waals surface area contributed by atoms with Crippen LogP contribution in [0.1, 0.15) is 18.3 Å². The molecule has 0 bridgehead atoms. The summed E-state index contributed by atoms with van der Waals surface area (Å²) in [5.74, 6) is -0.232. The van der Waals surface area contributed by atoms with E-state index >= 15 is 0 Å². The minimum absolute atomic E-state index is 0.232. The Hall–Kier alpha value is -1.88. The Morgan fingerprint density at radius 2 is 2.26 bits per heavy atom. The molecule has 0 unspecified atom stereocenters. The standard InChI is InChI=1S/C14H19N3O2/c1-4-12-11(9-16(2)10-14(18)19-3)15-13-7-5-6-8-17(12)13/h5-8H,4,9-10H2,1-3H3. The summed E-state index contributed by atoms with van der Waals surface area (Å²) in [7, 11) is 3.29. The summed E-state index contributed by atoms with van der Waals surface area (Å²) in [5, 5.41) is 0. The molecule has 0 amide bonds. The van der Waals surface area contributed by atoms with Crippen LogP contribution >= 0.6 is 0 Å². The first-order chi connectivity index (χ1) is 9.15. The van der Waals surface area contributed by atoms with Crippen molar-refractivity contribution in [2.75, 3.05) is 20.7 Å². The molecule has 19 heavy (non-hydrogen) atoms. The average Bonchev–Trinajstić information content (AvgIpc) is 2.75. The number of carbonyl (C=O) groups excluding carboxylic acids is 1. The number of pyridine rings is 1. The fourth-order valence-electron chi connectivity index (χ4n) is 2.19. The number of likely N-dealkylation sites (N-methyl/N-ethyl adjacent to an activating group) is 1. The fraction of sp³-hybridized carbons (Fsp3) is 0.429. The predicted octanol–water partition coefficient (Wildman–Crippen LogP) is 1.50. The van der Waals surface area contributed by atoms with E-state index in [2.05, 4.69) is 21.0 Å². The van der Waals surface area contributed by atoms with Crippen molar-refractivity contribution in [1.82, 2.24) is 14.3 Å². The maximum absolute atomic E-state index is 11.2. The zero-order valence-electron chi connectivity index (χ0n) is 11.6. The first-order valence-corrected chi connectivity index (χ1v) is 6.36. The Kier molecular flexibility index (Phi) is 4.16. The summed E-state index contributed by atoms with van der Waals surface area (Å²) < 4.78 is 6.77. The van der Waals surface area contributed by atoms with E-state index in [-0.39, 0.29) is 12.5 Å². The maximum Gasteiger partial charge on any atom is 0.319 e. The first-order valence-electron chi connectivity index (χ1n) is 6.36. The van der Waals surface area contributed by atoms with Gasteiger partial charge in [-0.05, 0) is 25.6 Å². The summed E-state index contributed by atoms with van der Waals surface area (Å²) in [6, 6.07) is 5.96. The van der Waals surface area contributed by atoms with E-state index < -0.39 is 0 Å². The summed E-state index contributed by atoms with van der Waals surface area (Å²) in [5.41, 5.74) is 3.15. The third kappa shape index (κ3) is 2.93. The van der Waals surface area contributed by atoms with Gasteiger partial charge in [0.1, 0.15) is 5.65 Å². The van der Waals surface area contributed by atoms with Gasteiger partial charge in [0.2, 0.25) is 0 Å². The molecule has 0 aliphatic heterocycles. The molecule has 0 radical (unpaired) electrons. The fourth-order valence-corrected chi connectivity index (χ4v) is 2.19. The largest absolute Gasteiger partial charge is 0.468 e. The third-order valence-corrected chi connectivity index (χ3v) is 3.09. The number of rotatable bonds is 5. The summed E-state index contributed by atoms with van der Waals surface area (Å²) >= 11 is 0. The minimum atomic E-state index is -0.232. The molecule has 0 atom stereocenters. The van der Waals surface area contributed by atoms with Crippen molar-refractivity contribution in [3.05, 3.63) is 35.8 Å². The number of carbonyl (C=O) groups is 1. The molecule has 0 saturated carbocycles. The number of aryl methyl sites for hydroxylation is 1. The van der Waals surface area contributed by atoms with Crippen LogP contribution in [0, 0.1) is 0 Å². The quantitative estimate of drug-likeness (QED) is 0.765. The predicted molar refractivity (Wildman–Crippen MR) is 72.9 cm³/mol. The minimum Gasteiger partial charge on any atom is -0.468 e. The molecule has 0 spiro atoms. The normalized spacial score (nSPS) is 11.2. The Labute approximate surface area is 112 Å². The molecule has 5 heteroatoms. The van der Waals surface area contributed by atoms with Gasteiger partial charge in [-0.15, -0.1) is 0 Å². The van der Waals surface area contributed by atoms with Crippen LogP contribution in [0.25, 0.3) is 5.65 Å². The molecule has 0 saturated heterocycles. The molecular formula is C14H19N3O2. The van der Waals surface area contributed by atoms with Crippen LogP contribution in [0.15, 0.2) is 24.4 Å². The molecule has 0 aromatic carbocycles. The molecule has 2 rings (SSSR count). The van der Waals surface area contributed by atoms with Crippen molar-refractivity contribution >= 4 is 11.6 Å². The second kappa shape index (κ2) is 5.84. The molecule has 2 aromatic heterocycles. The van der Waals surface area contributed by atoms with Crippen LogP contribution in [0.2, 0.25) is 0 Å². The SMILES string of the molecule is CCc1c(CN(C)CC(=O)OC)nc2ccccn12.